The van der Waals surface area contributed by atoms with Crippen LogP contribution in [0.3, 0.4) is 0 Å². The second kappa shape index (κ2) is 13.9. The van der Waals surface area contributed by atoms with Gasteiger partial charge in [0.1, 0.15) is 18.3 Å². The summed E-state index contributed by atoms with van der Waals surface area (Å²) in [7, 11) is -15.4. The molecular weight excluding hydrogens is 596 g/mol. The van der Waals surface area contributed by atoms with E-state index in [1.165, 1.54) is 11.8 Å². The molecule has 2 amide bonds. The highest BCUT2D eigenvalue weighted by Gasteiger charge is 2.53. The van der Waals surface area contributed by atoms with E-state index in [0.29, 0.717) is 12.8 Å². The summed E-state index contributed by atoms with van der Waals surface area (Å²) in [6, 6.07) is -0.180. The molecule has 1 saturated carbocycles. The predicted octanol–water partition coefficient (Wildman–Crippen LogP) is -1.39. The van der Waals surface area contributed by atoms with Crippen LogP contribution in [0.4, 0.5) is 0 Å². The van der Waals surface area contributed by atoms with Gasteiger partial charge in [-0.15, -0.1) is 0 Å². The zero-order valence-corrected chi connectivity index (χ0v) is 23.4. The van der Waals surface area contributed by atoms with Crippen LogP contribution in [-0.4, -0.2) is 113 Å². The van der Waals surface area contributed by atoms with E-state index in [9.17, 15) is 43.9 Å². The lowest BCUT2D eigenvalue weighted by Gasteiger charge is -2.43. The molecule has 18 nitrogen and oxygen atoms in total. The van der Waals surface area contributed by atoms with Crippen molar-refractivity contribution in [3.63, 3.8) is 0 Å². The first kappa shape index (κ1) is 33.7. The molecule has 2 aliphatic rings. The van der Waals surface area contributed by atoms with Crippen LogP contribution < -0.4 is 5.32 Å². The first-order chi connectivity index (χ1) is 17.9. The van der Waals surface area contributed by atoms with Gasteiger partial charge in [0, 0.05) is 26.6 Å². The average molecular weight is 629 g/mol. The van der Waals surface area contributed by atoms with Gasteiger partial charge in [0.25, 0.3) is 0 Å². The molecule has 21 heteroatoms. The van der Waals surface area contributed by atoms with E-state index in [2.05, 4.69) is 17.9 Å². The van der Waals surface area contributed by atoms with Crippen molar-refractivity contribution in [3.8, 4) is 0 Å². The standard InChI is InChI=1S/C18H32N2O16S3/c1-11(21)20(12-7-5-3-4-6-8-12)10-14(22)19-9-13-15(34-37(23,24)25)16(35-38(26,27)28)17(18(32-2)33-13)36-39(29,30)31/h12-13,15-18H,3-10H2,1-2H3,(H,19,22)(H,23,24,25)(H,26,27,28)(H,29,30,31)/t13-,15-,16+,17+,18+/m1/s1. The highest BCUT2D eigenvalue weighted by atomic mass is 32.3. The molecule has 4 N–H and O–H groups in total. The topological polar surface area (TPSA) is 259 Å². The molecule has 1 aliphatic heterocycles. The first-order valence-corrected chi connectivity index (χ1v) is 15.7. The first-order valence-electron chi connectivity index (χ1n) is 11.6. The van der Waals surface area contributed by atoms with E-state index < -0.39 is 74.4 Å². The van der Waals surface area contributed by atoms with Crippen molar-refractivity contribution in [2.45, 2.75) is 82.2 Å². The van der Waals surface area contributed by atoms with Crippen molar-refractivity contribution in [1.82, 2.24) is 10.2 Å². The summed E-state index contributed by atoms with van der Waals surface area (Å²) >= 11 is 0. The molecule has 0 unspecified atom stereocenters. The highest BCUT2D eigenvalue weighted by molar-refractivity contribution is 7.81. The number of nitrogens with one attached hydrogen (secondary N) is 1. The van der Waals surface area contributed by atoms with Crippen molar-refractivity contribution < 1.29 is 70.5 Å². The lowest BCUT2D eigenvalue weighted by molar-refractivity contribution is -0.273. The lowest BCUT2D eigenvalue weighted by Crippen LogP contribution is -2.64. The number of methoxy groups -OCH3 is 1. The van der Waals surface area contributed by atoms with Gasteiger partial charge in [0.05, 0.1) is 6.54 Å². The summed E-state index contributed by atoms with van der Waals surface area (Å²) in [5.41, 5.74) is 0. The second-order valence-electron chi connectivity index (χ2n) is 8.84. The molecule has 1 heterocycles. The van der Waals surface area contributed by atoms with Crippen molar-refractivity contribution in [1.29, 1.82) is 0 Å². The van der Waals surface area contributed by atoms with Gasteiger partial charge in [0.15, 0.2) is 12.4 Å². The maximum absolute atomic E-state index is 12.7. The van der Waals surface area contributed by atoms with Crippen molar-refractivity contribution in [2.24, 2.45) is 0 Å². The molecule has 0 aromatic carbocycles. The van der Waals surface area contributed by atoms with Crippen LogP contribution in [-0.2, 0) is 62.8 Å². The molecule has 2 rings (SSSR count). The van der Waals surface area contributed by atoms with Crippen LogP contribution in [0, 0.1) is 0 Å². The van der Waals surface area contributed by atoms with E-state index >= 15 is 0 Å². The van der Waals surface area contributed by atoms with Crippen molar-refractivity contribution >= 4 is 43.0 Å². The maximum Gasteiger partial charge on any atom is 0.397 e. The van der Waals surface area contributed by atoms with Gasteiger partial charge in [-0.05, 0) is 12.8 Å². The van der Waals surface area contributed by atoms with Crippen LogP contribution in [0.25, 0.3) is 0 Å². The summed E-state index contributed by atoms with van der Waals surface area (Å²) in [5, 5.41) is 2.35. The van der Waals surface area contributed by atoms with Crippen molar-refractivity contribution in [2.75, 3.05) is 20.2 Å². The fraction of sp³-hybridized carbons (Fsp3) is 0.889. The minimum atomic E-state index is -5.48. The molecule has 1 aliphatic carbocycles. The summed E-state index contributed by atoms with van der Waals surface area (Å²) in [6.45, 7) is 0.233. The SMILES string of the molecule is CO[C@H]1O[C@H](CNC(=O)CN(C(C)=O)C2CCCCCC2)[C@@H](OS(=O)(=O)O)[C@H](OS(=O)(=O)O)[C@@H]1OS(=O)(=O)O. The monoisotopic (exact) mass is 628 g/mol. The van der Waals surface area contributed by atoms with Crippen LogP contribution in [0.15, 0.2) is 0 Å². The number of nitrogens with zero attached hydrogens (tertiary/aromatic N) is 1. The average Bonchev–Trinajstić information content (AvgIpc) is 3.05. The molecule has 0 aromatic rings. The van der Waals surface area contributed by atoms with Gasteiger partial charge >= 0.3 is 31.2 Å². The maximum atomic E-state index is 12.7. The minimum Gasteiger partial charge on any atom is -0.353 e. The molecule has 0 radical (unpaired) electrons. The molecule has 0 aromatic heterocycles. The van der Waals surface area contributed by atoms with Crippen LogP contribution >= 0.6 is 0 Å². The number of rotatable bonds is 12. The Morgan fingerprint density at radius 3 is 1.79 bits per heavy atom. The van der Waals surface area contributed by atoms with Gasteiger partial charge < -0.3 is 19.7 Å². The molecule has 0 bridgehead atoms. The second-order valence-corrected chi connectivity index (χ2v) is 12.0. The Morgan fingerprint density at radius 2 is 1.33 bits per heavy atom. The van der Waals surface area contributed by atoms with E-state index in [1.54, 1.807) is 0 Å². The van der Waals surface area contributed by atoms with Crippen LogP contribution in [0.2, 0.25) is 0 Å². The third kappa shape index (κ3) is 11.5. The zero-order valence-electron chi connectivity index (χ0n) is 20.9. The van der Waals surface area contributed by atoms with Gasteiger partial charge in [0.2, 0.25) is 11.8 Å². The Balaban J connectivity index is 2.30. The summed E-state index contributed by atoms with van der Waals surface area (Å²) < 4.78 is 119. The Kier molecular flexibility index (Phi) is 12.0. The van der Waals surface area contributed by atoms with Crippen LogP contribution in [0.5, 0.6) is 0 Å². The van der Waals surface area contributed by atoms with E-state index in [0.717, 1.165) is 32.8 Å². The number of hydrogen-bond acceptors (Lipinski definition) is 13. The Labute approximate surface area is 226 Å². The zero-order chi connectivity index (χ0) is 29.6. The molecule has 228 valence electrons. The van der Waals surface area contributed by atoms with E-state index in [1.807, 2.05) is 0 Å². The fourth-order valence-electron chi connectivity index (χ4n) is 4.47. The van der Waals surface area contributed by atoms with Gasteiger partial charge in [-0.1, -0.05) is 25.7 Å². The largest absolute Gasteiger partial charge is 0.397 e. The number of hydrogen-bond donors (Lipinski definition) is 4. The number of carbonyl (C=O) groups excluding carboxylic acids is 2. The van der Waals surface area contributed by atoms with E-state index in [-0.39, 0.29) is 18.5 Å². The lowest BCUT2D eigenvalue weighted by atomic mass is 9.99. The van der Waals surface area contributed by atoms with E-state index in [4.69, 9.17) is 14.0 Å². The summed E-state index contributed by atoms with van der Waals surface area (Å²) in [6.07, 6.45) is -5.58. The number of carbonyl (C=O) groups is 2. The summed E-state index contributed by atoms with van der Waals surface area (Å²) in [5.74, 6) is -1.09. The molecular formula is C18H32N2O16S3. The van der Waals surface area contributed by atoms with Gasteiger partial charge in [-0.2, -0.15) is 25.3 Å². The fourth-order valence-corrected chi connectivity index (χ4v) is 5.97. The predicted molar refractivity (Wildman–Crippen MR) is 127 cm³/mol. The third-order valence-corrected chi connectivity index (χ3v) is 7.40. The number of ether oxygens (including phenoxy) is 2. The Hall–Kier alpha value is -1.53. The minimum absolute atomic E-state index is 0.180. The smallest absolute Gasteiger partial charge is 0.353 e. The highest BCUT2D eigenvalue weighted by Crippen LogP contribution is 2.31. The van der Waals surface area contributed by atoms with Crippen molar-refractivity contribution in [3.05, 3.63) is 0 Å². The molecule has 39 heavy (non-hydrogen) atoms. The molecule has 5 atom stereocenters. The molecule has 1 saturated heterocycles. The molecule has 0 spiro atoms. The van der Waals surface area contributed by atoms with Gasteiger partial charge in [-0.3, -0.25) is 23.2 Å². The van der Waals surface area contributed by atoms with Gasteiger partial charge in [-0.25, -0.2) is 12.5 Å². The Bertz CT molecular complexity index is 1170. The summed E-state index contributed by atoms with van der Waals surface area (Å²) in [4.78, 5) is 26.3. The quantitative estimate of drug-likeness (QED) is 0.143. The Morgan fingerprint density at radius 1 is 0.846 bits per heavy atom. The van der Waals surface area contributed by atoms with Crippen LogP contribution in [0.1, 0.15) is 45.4 Å². The third-order valence-electron chi connectivity index (χ3n) is 6.01. The normalized spacial score (nSPS) is 27.5. The molecule has 2 fully saturated rings. The number of amides is 2.